The minimum Gasteiger partial charge on any atom is -0.293 e. The second-order valence-corrected chi connectivity index (χ2v) is 4.79. The molecule has 2 heteroatoms. The van der Waals surface area contributed by atoms with E-state index < -0.39 is 4.32 Å². The summed E-state index contributed by atoms with van der Waals surface area (Å²) >= 11 is 3.56. The molecule has 0 fully saturated rings. The van der Waals surface area contributed by atoms with Gasteiger partial charge in [-0.3, -0.25) is 4.79 Å². The number of alkyl halides is 1. The average Bonchev–Trinajstić information content (AvgIpc) is 2.24. The summed E-state index contributed by atoms with van der Waals surface area (Å²) in [5.41, 5.74) is 2.21. The van der Waals surface area contributed by atoms with Crippen molar-refractivity contribution >= 4 is 27.8 Å². The molecule has 1 aromatic rings. The van der Waals surface area contributed by atoms with Gasteiger partial charge in [0.1, 0.15) is 4.32 Å². The van der Waals surface area contributed by atoms with Crippen LogP contribution in [0.1, 0.15) is 24.5 Å². The third kappa shape index (κ3) is 1.25. The quantitative estimate of drug-likeness (QED) is 0.700. The Morgan fingerprint density at radius 2 is 2.00 bits per heavy atom. The Morgan fingerprint density at radius 1 is 1.29 bits per heavy atom. The van der Waals surface area contributed by atoms with Crippen molar-refractivity contribution in [3.63, 3.8) is 0 Å². The van der Waals surface area contributed by atoms with Gasteiger partial charge in [-0.1, -0.05) is 53.2 Å². The van der Waals surface area contributed by atoms with Gasteiger partial charge < -0.3 is 0 Å². The van der Waals surface area contributed by atoms with Crippen molar-refractivity contribution in [3.8, 4) is 0 Å². The lowest BCUT2D eigenvalue weighted by atomic mass is 9.84. The van der Waals surface area contributed by atoms with Crippen molar-refractivity contribution in [2.24, 2.45) is 0 Å². The lowest BCUT2D eigenvalue weighted by Crippen LogP contribution is -2.29. The van der Waals surface area contributed by atoms with Gasteiger partial charge in [-0.15, -0.1) is 0 Å². The van der Waals surface area contributed by atoms with Crippen LogP contribution in [0.2, 0.25) is 0 Å². The van der Waals surface area contributed by atoms with Gasteiger partial charge in [0, 0.05) is 0 Å². The van der Waals surface area contributed by atoms with E-state index in [1.165, 1.54) is 0 Å². The van der Waals surface area contributed by atoms with Crippen molar-refractivity contribution in [1.82, 2.24) is 0 Å². The summed E-state index contributed by atoms with van der Waals surface area (Å²) in [6, 6.07) is 8.00. The number of hydrogen-bond acceptors (Lipinski definition) is 1. The Labute approximate surface area is 92.0 Å². The molecule has 0 aliphatic heterocycles. The zero-order valence-corrected chi connectivity index (χ0v) is 9.54. The monoisotopic (exact) mass is 250 g/mol. The number of rotatable bonds is 1. The molecule has 1 aromatic carbocycles. The third-order valence-electron chi connectivity index (χ3n) is 2.68. The number of carbonyl (C=O) groups is 1. The SMILES string of the molecule is CCC1(Br)C(=O)C=Cc2ccccc21. The van der Waals surface area contributed by atoms with Crippen molar-refractivity contribution in [2.75, 3.05) is 0 Å². The van der Waals surface area contributed by atoms with Gasteiger partial charge in [-0.2, -0.15) is 0 Å². The molecule has 0 N–H and O–H groups in total. The second kappa shape index (κ2) is 3.35. The summed E-state index contributed by atoms with van der Waals surface area (Å²) in [6.07, 6.45) is 4.31. The minimum absolute atomic E-state index is 0.138. The normalized spacial score (nSPS) is 24.9. The fourth-order valence-corrected chi connectivity index (χ4v) is 2.29. The fraction of sp³-hybridized carbons (Fsp3) is 0.250. The lowest BCUT2D eigenvalue weighted by molar-refractivity contribution is -0.116. The molecule has 2 rings (SSSR count). The zero-order valence-electron chi connectivity index (χ0n) is 7.96. The smallest absolute Gasteiger partial charge is 0.176 e. The lowest BCUT2D eigenvalue weighted by Gasteiger charge is -2.28. The zero-order chi connectivity index (χ0) is 10.2. The van der Waals surface area contributed by atoms with Crippen LogP contribution in [0.5, 0.6) is 0 Å². The van der Waals surface area contributed by atoms with Crippen LogP contribution in [0.4, 0.5) is 0 Å². The van der Waals surface area contributed by atoms with Gasteiger partial charge in [0.15, 0.2) is 5.78 Å². The van der Waals surface area contributed by atoms with E-state index in [-0.39, 0.29) is 5.78 Å². The van der Waals surface area contributed by atoms with Crippen molar-refractivity contribution in [2.45, 2.75) is 17.7 Å². The molecular weight excluding hydrogens is 240 g/mol. The van der Waals surface area contributed by atoms with E-state index in [0.717, 1.165) is 17.5 Å². The second-order valence-electron chi connectivity index (χ2n) is 3.44. The number of carbonyl (C=O) groups excluding carboxylic acids is 1. The maximum absolute atomic E-state index is 11.8. The highest BCUT2D eigenvalue weighted by molar-refractivity contribution is 9.10. The minimum atomic E-state index is -0.502. The van der Waals surface area contributed by atoms with Crippen LogP contribution in [0.25, 0.3) is 6.08 Å². The largest absolute Gasteiger partial charge is 0.293 e. The Bertz CT molecular complexity index is 409. The highest BCUT2D eigenvalue weighted by Crippen LogP contribution is 2.41. The molecule has 1 nitrogen and oxygen atoms in total. The van der Waals surface area contributed by atoms with Gasteiger partial charge >= 0.3 is 0 Å². The summed E-state index contributed by atoms with van der Waals surface area (Å²) in [4.78, 5) is 11.8. The molecule has 0 radical (unpaired) electrons. The van der Waals surface area contributed by atoms with Gasteiger partial charge in [0.05, 0.1) is 0 Å². The average molecular weight is 251 g/mol. The van der Waals surface area contributed by atoms with E-state index in [4.69, 9.17) is 0 Å². The van der Waals surface area contributed by atoms with E-state index in [0.29, 0.717) is 0 Å². The predicted molar refractivity (Wildman–Crippen MR) is 61.4 cm³/mol. The Morgan fingerprint density at radius 3 is 2.71 bits per heavy atom. The molecule has 14 heavy (non-hydrogen) atoms. The summed E-state index contributed by atoms with van der Waals surface area (Å²) in [5, 5.41) is 0. The third-order valence-corrected chi connectivity index (χ3v) is 4.06. The highest BCUT2D eigenvalue weighted by atomic mass is 79.9. The van der Waals surface area contributed by atoms with E-state index in [1.807, 2.05) is 37.3 Å². The molecule has 0 saturated carbocycles. The Kier molecular flexibility index (Phi) is 2.31. The van der Waals surface area contributed by atoms with Crippen LogP contribution in [-0.4, -0.2) is 5.78 Å². The van der Waals surface area contributed by atoms with Crippen LogP contribution < -0.4 is 0 Å². The maximum Gasteiger partial charge on any atom is 0.176 e. The van der Waals surface area contributed by atoms with Crippen molar-refractivity contribution < 1.29 is 4.79 Å². The summed E-state index contributed by atoms with van der Waals surface area (Å²) in [5.74, 6) is 0.138. The number of allylic oxidation sites excluding steroid dienone is 1. The first kappa shape index (κ1) is 9.66. The molecule has 0 saturated heterocycles. The molecule has 1 atom stereocenters. The van der Waals surface area contributed by atoms with Crippen LogP contribution in [0, 0.1) is 0 Å². The molecule has 0 amide bonds. The molecule has 72 valence electrons. The topological polar surface area (TPSA) is 17.1 Å². The van der Waals surface area contributed by atoms with Gasteiger partial charge in [-0.05, 0) is 23.6 Å². The van der Waals surface area contributed by atoms with Crippen LogP contribution in [-0.2, 0) is 9.12 Å². The van der Waals surface area contributed by atoms with Gasteiger partial charge in [-0.25, -0.2) is 0 Å². The molecule has 0 spiro atoms. The number of benzene rings is 1. The fourth-order valence-electron chi connectivity index (χ4n) is 1.80. The molecular formula is C12H11BrO. The van der Waals surface area contributed by atoms with Crippen LogP contribution in [0.3, 0.4) is 0 Å². The first-order valence-electron chi connectivity index (χ1n) is 4.69. The number of hydrogen-bond donors (Lipinski definition) is 0. The molecule has 1 unspecified atom stereocenters. The van der Waals surface area contributed by atoms with Crippen LogP contribution >= 0.6 is 15.9 Å². The molecule has 0 bridgehead atoms. The van der Waals surface area contributed by atoms with E-state index in [1.54, 1.807) is 6.08 Å². The van der Waals surface area contributed by atoms with Crippen LogP contribution in [0.15, 0.2) is 30.3 Å². The number of fused-ring (bicyclic) bond motifs is 1. The van der Waals surface area contributed by atoms with E-state index in [2.05, 4.69) is 15.9 Å². The predicted octanol–water partition coefficient (Wildman–Crippen LogP) is 3.28. The standard InChI is InChI=1S/C12H11BrO/c1-2-12(13)10-6-4-3-5-9(10)7-8-11(12)14/h3-8H,2H2,1H3. The van der Waals surface area contributed by atoms with E-state index >= 15 is 0 Å². The molecule has 0 aromatic heterocycles. The molecule has 1 aliphatic carbocycles. The molecule has 0 heterocycles. The summed E-state index contributed by atoms with van der Waals surface area (Å²) < 4.78 is -0.502. The Balaban J connectivity index is 2.65. The summed E-state index contributed by atoms with van der Waals surface area (Å²) in [7, 11) is 0. The van der Waals surface area contributed by atoms with Crippen molar-refractivity contribution in [3.05, 3.63) is 41.5 Å². The Hall–Kier alpha value is -0.890. The maximum atomic E-state index is 11.8. The molecule has 1 aliphatic rings. The van der Waals surface area contributed by atoms with Gasteiger partial charge in [0.2, 0.25) is 0 Å². The summed E-state index contributed by atoms with van der Waals surface area (Å²) in [6.45, 7) is 2.02. The first-order chi connectivity index (χ1) is 6.68. The number of halogens is 1. The first-order valence-corrected chi connectivity index (χ1v) is 5.48. The van der Waals surface area contributed by atoms with E-state index in [9.17, 15) is 4.79 Å². The van der Waals surface area contributed by atoms with Gasteiger partial charge in [0.25, 0.3) is 0 Å². The number of ketones is 1. The highest BCUT2D eigenvalue weighted by Gasteiger charge is 2.37. The van der Waals surface area contributed by atoms with Crippen molar-refractivity contribution in [1.29, 1.82) is 0 Å².